The first kappa shape index (κ1) is 24.5. The van der Waals surface area contributed by atoms with Crippen LogP contribution in [-0.4, -0.2) is 44.6 Å². The summed E-state index contributed by atoms with van der Waals surface area (Å²) >= 11 is 0. The van der Waals surface area contributed by atoms with E-state index in [2.05, 4.69) is 0 Å². The number of carbonyl (C=O) groups is 3. The molecule has 0 radical (unpaired) electrons. The second kappa shape index (κ2) is 19.8. The molecule has 0 saturated heterocycles. The number of hydroxylamine groups is 1. The lowest BCUT2D eigenvalue weighted by atomic mass is 10.7. The standard InChI is InChI=1S/C2H8N2O.3C2H4O2/c1-2(3)4-5;3*1-2(3)4/h2,4-5H,3H2,1H3;3*1H3,(H,3,4). The topological polar surface area (TPSA) is 170 Å². The van der Waals surface area contributed by atoms with E-state index < -0.39 is 17.9 Å². The van der Waals surface area contributed by atoms with Crippen LogP contribution in [0.1, 0.15) is 27.7 Å². The van der Waals surface area contributed by atoms with Gasteiger partial charge in [-0.05, 0) is 6.92 Å². The van der Waals surface area contributed by atoms with Crippen LogP contribution in [0.4, 0.5) is 0 Å². The van der Waals surface area contributed by atoms with E-state index in [1.54, 1.807) is 12.4 Å². The van der Waals surface area contributed by atoms with Crippen LogP contribution in [0, 0.1) is 0 Å². The Labute approximate surface area is 98.8 Å². The zero-order valence-electron chi connectivity index (χ0n) is 10.2. The molecule has 0 aliphatic rings. The van der Waals surface area contributed by atoms with E-state index in [0.29, 0.717) is 0 Å². The summed E-state index contributed by atoms with van der Waals surface area (Å²) in [5.41, 5.74) is 6.74. The minimum atomic E-state index is -0.833. The summed E-state index contributed by atoms with van der Waals surface area (Å²) in [5.74, 6) is -2.50. The highest BCUT2D eigenvalue weighted by Crippen LogP contribution is 1.52. The summed E-state index contributed by atoms with van der Waals surface area (Å²) in [6.07, 6.45) is -0.310. The van der Waals surface area contributed by atoms with Crippen LogP contribution in [0.25, 0.3) is 0 Å². The Kier molecular flexibility index (Phi) is 28.5. The van der Waals surface area contributed by atoms with Gasteiger partial charge in [0.15, 0.2) is 0 Å². The van der Waals surface area contributed by atoms with Gasteiger partial charge in [-0.25, -0.2) is 0 Å². The highest BCUT2D eigenvalue weighted by Gasteiger charge is 1.78. The van der Waals surface area contributed by atoms with Gasteiger partial charge in [-0.2, -0.15) is 5.48 Å². The van der Waals surface area contributed by atoms with Crippen molar-refractivity contribution < 1.29 is 34.9 Å². The SMILES string of the molecule is CC(=O)O.CC(=O)O.CC(=O)O.CC(N)NO. The third kappa shape index (κ3) is 25700. The van der Waals surface area contributed by atoms with Gasteiger partial charge in [-0.15, -0.1) is 0 Å². The van der Waals surface area contributed by atoms with Crippen LogP contribution < -0.4 is 11.2 Å². The third-order valence-electron chi connectivity index (χ3n) is 0.204. The van der Waals surface area contributed by atoms with Crippen molar-refractivity contribution in [1.29, 1.82) is 0 Å². The number of aliphatic carboxylic acids is 3. The number of hydrogen-bond acceptors (Lipinski definition) is 6. The quantitative estimate of drug-likeness (QED) is 0.268. The zero-order chi connectivity index (χ0) is 15.0. The monoisotopic (exact) mass is 256 g/mol. The molecule has 9 heteroatoms. The Morgan fingerprint density at radius 3 is 1.00 bits per heavy atom. The van der Waals surface area contributed by atoms with E-state index in [-0.39, 0.29) is 6.17 Å². The highest BCUT2D eigenvalue weighted by molar-refractivity contribution is 5.63. The number of hydrogen-bond donors (Lipinski definition) is 6. The molecule has 0 aliphatic carbocycles. The molecule has 1 unspecified atom stereocenters. The van der Waals surface area contributed by atoms with Crippen LogP contribution in [0.2, 0.25) is 0 Å². The highest BCUT2D eigenvalue weighted by atomic mass is 16.5. The number of carboxylic acids is 3. The molecule has 0 bridgehead atoms. The Morgan fingerprint density at radius 1 is 0.941 bits per heavy atom. The second-order valence-corrected chi connectivity index (χ2v) is 2.47. The van der Waals surface area contributed by atoms with Crippen molar-refractivity contribution in [2.75, 3.05) is 0 Å². The lowest BCUT2D eigenvalue weighted by Gasteiger charge is -1.94. The van der Waals surface area contributed by atoms with Crippen molar-refractivity contribution in [3.8, 4) is 0 Å². The summed E-state index contributed by atoms with van der Waals surface area (Å²) in [7, 11) is 0. The maximum Gasteiger partial charge on any atom is 0.300 e. The van der Waals surface area contributed by atoms with Gasteiger partial charge in [0.05, 0.1) is 6.17 Å². The van der Waals surface area contributed by atoms with Crippen LogP contribution in [0.5, 0.6) is 0 Å². The van der Waals surface area contributed by atoms with Crippen molar-refractivity contribution in [3.05, 3.63) is 0 Å². The van der Waals surface area contributed by atoms with Gasteiger partial charge >= 0.3 is 0 Å². The number of nitrogens with one attached hydrogen (secondary N) is 1. The van der Waals surface area contributed by atoms with Crippen molar-refractivity contribution in [2.45, 2.75) is 33.9 Å². The van der Waals surface area contributed by atoms with Gasteiger partial charge in [0.1, 0.15) is 0 Å². The molecule has 0 heterocycles. The van der Waals surface area contributed by atoms with E-state index in [1.165, 1.54) is 0 Å². The number of carboxylic acid groups (broad SMARTS) is 3. The van der Waals surface area contributed by atoms with Gasteiger partial charge in [0.25, 0.3) is 17.9 Å². The predicted molar refractivity (Wildman–Crippen MR) is 58.5 cm³/mol. The van der Waals surface area contributed by atoms with Crippen molar-refractivity contribution in [3.63, 3.8) is 0 Å². The molecule has 0 fully saturated rings. The van der Waals surface area contributed by atoms with E-state index in [9.17, 15) is 0 Å². The molecule has 0 amide bonds. The van der Waals surface area contributed by atoms with E-state index in [0.717, 1.165) is 20.8 Å². The number of rotatable bonds is 1. The fraction of sp³-hybridized carbons (Fsp3) is 0.625. The molecule has 1 atom stereocenters. The molecule has 0 spiro atoms. The summed E-state index contributed by atoms with van der Waals surface area (Å²) in [6, 6.07) is 0. The molecule has 104 valence electrons. The molecule has 7 N–H and O–H groups in total. The molecule has 0 rings (SSSR count). The largest absolute Gasteiger partial charge is 0.481 e. The molecule has 0 aromatic rings. The Hall–Kier alpha value is -1.71. The van der Waals surface area contributed by atoms with Crippen molar-refractivity contribution >= 4 is 17.9 Å². The Balaban J connectivity index is -0.0000000667. The predicted octanol–water partition coefficient (Wildman–Crippen LogP) is -0.457. The molecule has 0 aromatic carbocycles. The second-order valence-electron chi connectivity index (χ2n) is 2.47. The van der Waals surface area contributed by atoms with Crippen molar-refractivity contribution in [1.82, 2.24) is 5.48 Å². The molecule has 0 saturated carbocycles. The summed E-state index contributed by atoms with van der Waals surface area (Å²) in [5, 5.41) is 30.0. The fourth-order valence-corrected chi connectivity index (χ4v) is 0. The van der Waals surface area contributed by atoms with Gasteiger partial charge in [-0.3, -0.25) is 14.4 Å². The molecule has 0 aromatic heterocycles. The van der Waals surface area contributed by atoms with E-state index >= 15 is 0 Å². The lowest BCUT2D eigenvalue weighted by molar-refractivity contribution is -0.135. The number of nitrogens with two attached hydrogens (primary N) is 1. The minimum absolute atomic E-state index is 0.310. The normalized spacial score (nSPS) is 8.82. The Morgan fingerprint density at radius 2 is 1.00 bits per heavy atom. The zero-order valence-corrected chi connectivity index (χ0v) is 10.2. The van der Waals surface area contributed by atoms with Crippen LogP contribution >= 0.6 is 0 Å². The molecule has 0 aliphatic heterocycles. The molecular formula is C8H20N2O7. The van der Waals surface area contributed by atoms with Crippen LogP contribution in [0.15, 0.2) is 0 Å². The van der Waals surface area contributed by atoms with Crippen molar-refractivity contribution in [2.24, 2.45) is 5.73 Å². The Bertz CT molecular complexity index is 166. The third-order valence-corrected chi connectivity index (χ3v) is 0.204. The first-order valence-corrected chi connectivity index (χ1v) is 4.21. The van der Waals surface area contributed by atoms with Gasteiger partial charge < -0.3 is 26.3 Å². The molecule has 17 heavy (non-hydrogen) atoms. The van der Waals surface area contributed by atoms with Crippen LogP contribution in [0.3, 0.4) is 0 Å². The maximum absolute atomic E-state index is 9.00. The maximum atomic E-state index is 9.00. The average Bonchev–Trinajstić information content (AvgIpc) is 2.00. The van der Waals surface area contributed by atoms with Gasteiger partial charge in [-0.1, -0.05) is 0 Å². The minimum Gasteiger partial charge on any atom is -0.481 e. The van der Waals surface area contributed by atoms with Gasteiger partial charge in [0, 0.05) is 20.8 Å². The molecular weight excluding hydrogens is 236 g/mol. The first-order chi connectivity index (χ1) is 7.47. The summed E-state index contributed by atoms with van der Waals surface area (Å²) in [6.45, 7) is 4.89. The lowest BCUT2D eigenvalue weighted by Crippen LogP contribution is -2.30. The summed E-state index contributed by atoms with van der Waals surface area (Å²) < 4.78 is 0. The first-order valence-electron chi connectivity index (χ1n) is 4.21. The fourth-order valence-electron chi connectivity index (χ4n) is 0. The molecule has 9 nitrogen and oxygen atoms in total. The smallest absolute Gasteiger partial charge is 0.300 e. The van der Waals surface area contributed by atoms with Gasteiger partial charge in [0.2, 0.25) is 0 Å². The van der Waals surface area contributed by atoms with E-state index in [1.807, 2.05) is 0 Å². The van der Waals surface area contributed by atoms with E-state index in [4.69, 9.17) is 40.6 Å². The summed E-state index contributed by atoms with van der Waals surface area (Å²) in [4.78, 5) is 27.0. The average molecular weight is 256 g/mol. The van der Waals surface area contributed by atoms with Crippen LogP contribution in [-0.2, 0) is 14.4 Å².